The Hall–Kier alpha value is -3.33. The summed E-state index contributed by atoms with van der Waals surface area (Å²) in [5.41, 5.74) is 2.69. The third kappa shape index (κ3) is 4.19. The molecule has 134 valence electrons. The summed E-state index contributed by atoms with van der Waals surface area (Å²) in [6, 6.07) is 8.76. The molecular weight excluding hydrogens is 366 g/mol. The number of nitro groups is 1. The number of hydrazone groups is 1. The van der Waals surface area contributed by atoms with E-state index in [4.69, 9.17) is 25.8 Å². The molecule has 1 aliphatic rings. The van der Waals surface area contributed by atoms with Gasteiger partial charge >= 0.3 is 0 Å². The van der Waals surface area contributed by atoms with Crippen molar-refractivity contribution in [2.24, 2.45) is 5.10 Å². The predicted molar refractivity (Wildman–Crippen MR) is 91.9 cm³/mol. The molecular formula is C16H12ClN3O6. The lowest BCUT2D eigenvalue weighted by molar-refractivity contribution is -0.384. The van der Waals surface area contributed by atoms with Crippen LogP contribution in [0.2, 0.25) is 5.02 Å². The Kier molecular flexibility index (Phi) is 5.18. The second kappa shape index (κ2) is 7.70. The molecule has 0 spiro atoms. The fourth-order valence-electron chi connectivity index (χ4n) is 2.07. The molecule has 10 heteroatoms. The predicted octanol–water partition coefficient (Wildman–Crippen LogP) is 2.51. The number of ether oxygens (including phenoxy) is 3. The summed E-state index contributed by atoms with van der Waals surface area (Å²) in [5.74, 6) is 0.750. The van der Waals surface area contributed by atoms with Gasteiger partial charge in [0, 0.05) is 17.7 Å². The highest BCUT2D eigenvalue weighted by Gasteiger charge is 2.15. The molecule has 1 aliphatic heterocycles. The Morgan fingerprint density at radius 2 is 2.12 bits per heavy atom. The topological polar surface area (TPSA) is 112 Å². The summed E-state index contributed by atoms with van der Waals surface area (Å²) in [4.78, 5) is 21.9. The van der Waals surface area contributed by atoms with Crippen molar-refractivity contribution in [1.29, 1.82) is 0 Å². The van der Waals surface area contributed by atoms with Crippen LogP contribution in [0, 0.1) is 10.1 Å². The van der Waals surface area contributed by atoms with E-state index in [1.165, 1.54) is 30.5 Å². The highest BCUT2D eigenvalue weighted by atomic mass is 35.5. The van der Waals surface area contributed by atoms with Crippen molar-refractivity contribution < 1.29 is 23.9 Å². The minimum atomic E-state index is -0.549. The van der Waals surface area contributed by atoms with Gasteiger partial charge in [0.25, 0.3) is 11.6 Å². The van der Waals surface area contributed by atoms with Gasteiger partial charge in [-0.15, -0.1) is 0 Å². The highest BCUT2D eigenvalue weighted by Crippen LogP contribution is 2.36. The molecule has 0 aliphatic carbocycles. The maximum Gasteiger partial charge on any atom is 0.277 e. The van der Waals surface area contributed by atoms with Crippen LogP contribution in [0.15, 0.2) is 41.5 Å². The zero-order valence-electron chi connectivity index (χ0n) is 13.2. The molecule has 1 N–H and O–H groups in total. The number of carbonyl (C=O) groups is 1. The first-order valence-corrected chi connectivity index (χ1v) is 7.69. The number of nitrogens with zero attached hydrogens (tertiary/aromatic N) is 2. The molecule has 0 saturated heterocycles. The maximum atomic E-state index is 11.7. The molecule has 0 fully saturated rings. The molecule has 0 atom stereocenters. The molecule has 0 radical (unpaired) electrons. The number of non-ortho nitro benzene ring substituents is 1. The first kappa shape index (κ1) is 17.5. The maximum absolute atomic E-state index is 11.7. The Morgan fingerprint density at radius 1 is 1.35 bits per heavy atom. The standard InChI is InChI=1S/C16H12ClN3O6/c17-13-6-15-14(25-9-26-15)4-10(13)7-18-19-16(21)8-24-12-3-1-2-11(5-12)20(22)23/h1-7H,8-9H2,(H,19,21)/b18-7-. The van der Waals surface area contributed by atoms with Crippen molar-refractivity contribution in [2.75, 3.05) is 13.4 Å². The van der Waals surface area contributed by atoms with Gasteiger partial charge in [0.1, 0.15) is 5.75 Å². The molecule has 0 unspecified atom stereocenters. The zero-order valence-corrected chi connectivity index (χ0v) is 13.9. The molecule has 0 bridgehead atoms. The van der Waals surface area contributed by atoms with Crippen LogP contribution < -0.4 is 19.6 Å². The van der Waals surface area contributed by atoms with Crippen LogP contribution in [0.25, 0.3) is 0 Å². The summed E-state index contributed by atoms with van der Waals surface area (Å²) in [7, 11) is 0. The number of amides is 1. The van der Waals surface area contributed by atoms with Gasteiger partial charge in [-0.3, -0.25) is 14.9 Å². The molecule has 1 heterocycles. The molecule has 2 aromatic carbocycles. The van der Waals surface area contributed by atoms with Gasteiger partial charge in [0.15, 0.2) is 18.1 Å². The lowest BCUT2D eigenvalue weighted by atomic mass is 10.2. The van der Waals surface area contributed by atoms with Crippen LogP contribution in [-0.2, 0) is 4.79 Å². The Labute approximate surface area is 152 Å². The summed E-state index contributed by atoms with van der Waals surface area (Å²) in [6.45, 7) is -0.231. The first-order chi connectivity index (χ1) is 12.5. The fourth-order valence-corrected chi connectivity index (χ4v) is 2.28. The van der Waals surface area contributed by atoms with Gasteiger partial charge in [-0.2, -0.15) is 5.10 Å². The normalized spacial score (nSPS) is 12.2. The van der Waals surface area contributed by atoms with Crippen molar-refractivity contribution >= 4 is 29.4 Å². The van der Waals surface area contributed by atoms with E-state index in [0.717, 1.165) is 0 Å². The Bertz CT molecular complexity index is 886. The van der Waals surface area contributed by atoms with Crippen molar-refractivity contribution in [1.82, 2.24) is 5.43 Å². The number of nitro benzene ring substituents is 1. The van der Waals surface area contributed by atoms with Crippen LogP contribution in [0.3, 0.4) is 0 Å². The van der Waals surface area contributed by atoms with Gasteiger partial charge < -0.3 is 14.2 Å². The molecule has 0 aromatic heterocycles. The van der Waals surface area contributed by atoms with E-state index < -0.39 is 10.8 Å². The monoisotopic (exact) mass is 377 g/mol. The van der Waals surface area contributed by atoms with E-state index >= 15 is 0 Å². The summed E-state index contributed by atoms with van der Waals surface area (Å²) >= 11 is 6.09. The van der Waals surface area contributed by atoms with Crippen molar-refractivity contribution in [3.8, 4) is 17.2 Å². The molecule has 0 saturated carbocycles. The number of nitrogens with one attached hydrogen (secondary N) is 1. The molecule has 3 rings (SSSR count). The van der Waals surface area contributed by atoms with Crippen LogP contribution in [-0.4, -0.2) is 30.4 Å². The van der Waals surface area contributed by atoms with Crippen LogP contribution in [0.5, 0.6) is 17.2 Å². The van der Waals surface area contributed by atoms with Crippen molar-refractivity contribution in [3.05, 3.63) is 57.1 Å². The van der Waals surface area contributed by atoms with Crippen molar-refractivity contribution in [3.63, 3.8) is 0 Å². The highest BCUT2D eigenvalue weighted by molar-refractivity contribution is 6.33. The molecule has 9 nitrogen and oxygen atoms in total. The fraction of sp³-hybridized carbons (Fsp3) is 0.125. The summed E-state index contributed by atoms with van der Waals surface area (Å²) < 4.78 is 15.6. The SMILES string of the molecule is O=C(COc1cccc([N+](=O)[O-])c1)N/N=C\c1cc2c(cc1Cl)OCO2. The first-order valence-electron chi connectivity index (χ1n) is 7.31. The van der Waals surface area contributed by atoms with Crippen molar-refractivity contribution in [2.45, 2.75) is 0 Å². The summed E-state index contributed by atoms with van der Waals surface area (Å²) in [5, 5.41) is 14.9. The average Bonchev–Trinajstić information content (AvgIpc) is 3.07. The number of rotatable bonds is 6. The van der Waals surface area contributed by atoms with Gasteiger partial charge in [-0.25, -0.2) is 5.43 Å². The lowest BCUT2D eigenvalue weighted by Crippen LogP contribution is -2.24. The van der Waals surface area contributed by atoms with Gasteiger partial charge in [-0.05, 0) is 12.1 Å². The van der Waals surface area contributed by atoms with E-state index in [-0.39, 0.29) is 24.8 Å². The van der Waals surface area contributed by atoms with Gasteiger partial charge in [0.05, 0.1) is 22.2 Å². The Balaban J connectivity index is 1.54. The quantitative estimate of drug-likeness (QED) is 0.470. The summed E-state index contributed by atoms with van der Waals surface area (Å²) in [6.07, 6.45) is 1.36. The molecule has 26 heavy (non-hydrogen) atoms. The van der Waals surface area contributed by atoms with E-state index in [1.807, 2.05) is 0 Å². The third-order valence-electron chi connectivity index (χ3n) is 3.28. The van der Waals surface area contributed by atoms with Crippen LogP contribution >= 0.6 is 11.6 Å². The van der Waals surface area contributed by atoms with Gasteiger partial charge in [0.2, 0.25) is 6.79 Å². The number of benzene rings is 2. The van der Waals surface area contributed by atoms with Crippen LogP contribution in [0.1, 0.15) is 5.56 Å². The van der Waals surface area contributed by atoms with E-state index in [9.17, 15) is 14.9 Å². The molecule has 2 aromatic rings. The number of hydrogen-bond donors (Lipinski definition) is 1. The van der Waals surface area contributed by atoms with Crippen LogP contribution in [0.4, 0.5) is 5.69 Å². The largest absolute Gasteiger partial charge is 0.483 e. The second-order valence-electron chi connectivity index (χ2n) is 5.06. The molecule has 1 amide bonds. The van der Waals surface area contributed by atoms with E-state index in [1.54, 1.807) is 12.1 Å². The Morgan fingerprint density at radius 3 is 2.88 bits per heavy atom. The minimum absolute atomic E-state index is 0.123. The third-order valence-corrected chi connectivity index (χ3v) is 3.61. The number of carbonyl (C=O) groups excluding carboxylic acids is 1. The zero-order chi connectivity index (χ0) is 18.5. The number of fused-ring (bicyclic) bond motifs is 1. The minimum Gasteiger partial charge on any atom is -0.483 e. The smallest absolute Gasteiger partial charge is 0.277 e. The number of halogens is 1. The number of hydrogen-bond acceptors (Lipinski definition) is 7. The van der Waals surface area contributed by atoms with E-state index in [0.29, 0.717) is 22.1 Å². The van der Waals surface area contributed by atoms with Gasteiger partial charge in [-0.1, -0.05) is 17.7 Å². The van der Waals surface area contributed by atoms with E-state index in [2.05, 4.69) is 10.5 Å². The average molecular weight is 378 g/mol. The second-order valence-corrected chi connectivity index (χ2v) is 5.47. The lowest BCUT2D eigenvalue weighted by Gasteiger charge is -2.05.